The van der Waals surface area contributed by atoms with Crippen LogP contribution in [0.25, 0.3) is 0 Å². The Morgan fingerprint density at radius 1 is 1.22 bits per heavy atom. The fraction of sp³-hybridized carbons (Fsp3) is 0.227. The van der Waals surface area contributed by atoms with Crippen LogP contribution in [-0.4, -0.2) is 31.3 Å². The van der Waals surface area contributed by atoms with Gasteiger partial charge in [0.25, 0.3) is 5.69 Å². The van der Waals surface area contributed by atoms with E-state index in [-0.39, 0.29) is 17.3 Å². The summed E-state index contributed by atoms with van der Waals surface area (Å²) in [5, 5.41) is 22.9. The Kier molecular flexibility index (Phi) is 8.46. The van der Waals surface area contributed by atoms with E-state index in [2.05, 4.69) is 34.2 Å². The lowest BCUT2D eigenvalue weighted by molar-refractivity contribution is -0.384. The highest BCUT2D eigenvalue weighted by molar-refractivity contribution is 7.99. The van der Waals surface area contributed by atoms with Crippen LogP contribution in [0, 0.1) is 17.0 Å². The molecule has 0 saturated carbocycles. The van der Waals surface area contributed by atoms with Crippen LogP contribution in [0.5, 0.6) is 0 Å². The first-order chi connectivity index (χ1) is 15.5. The van der Waals surface area contributed by atoms with Gasteiger partial charge in [-0.3, -0.25) is 14.9 Å². The summed E-state index contributed by atoms with van der Waals surface area (Å²) < 4.78 is 1.95. The normalized spacial score (nSPS) is 10.7. The van der Waals surface area contributed by atoms with Crippen molar-refractivity contribution in [2.75, 3.05) is 11.1 Å². The maximum Gasteiger partial charge on any atom is 0.271 e. The monoisotopic (exact) mass is 469 g/mol. The molecule has 8 nitrogen and oxygen atoms in total. The number of non-ortho nitro benzene ring substituents is 1. The van der Waals surface area contributed by atoms with E-state index in [9.17, 15) is 14.9 Å². The van der Waals surface area contributed by atoms with Crippen molar-refractivity contribution in [3.8, 4) is 0 Å². The van der Waals surface area contributed by atoms with E-state index in [1.807, 2.05) is 22.8 Å². The minimum Gasteiger partial charge on any atom is -0.325 e. The number of hydrogen-bond donors (Lipinski definition) is 1. The lowest BCUT2D eigenvalue weighted by Crippen LogP contribution is -2.15. The summed E-state index contributed by atoms with van der Waals surface area (Å²) >= 11 is 3.01. The first-order valence-electron chi connectivity index (χ1n) is 9.80. The van der Waals surface area contributed by atoms with Crippen LogP contribution in [-0.2, 0) is 22.8 Å². The molecule has 3 rings (SSSR count). The number of benzene rings is 2. The number of aromatic nitrogens is 3. The highest BCUT2D eigenvalue weighted by Crippen LogP contribution is 2.24. The summed E-state index contributed by atoms with van der Waals surface area (Å²) in [4.78, 5) is 22.9. The smallest absolute Gasteiger partial charge is 0.271 e. The Bertz CT molecular complexity index is 1100. The van der Waals surface area contributed by atoms with Crippen molar-refractivity contribution in [2.24, 2.45) is 0 Å². The van der Waals surface area contributed by atoms with Crippen LogP contribution in [0.3, 0.4) is 0 Å². The molecule has 1 heterocycles. The number of nitrogens with one attached hydrogen (secondary N) is 1. The SMILES string of the molecule is C=CCn1c(CSCc2ccccc2)nnc1SCC(=O)Nc1cc([N+](=O)[O-])ccc1C. The number of carbonyl (C=O) groups excluding carboxylic acids is 1. The summed E-state index contributed by atoms with van der Waals surface area (Å²) in [6, 6.07) is 14.6. The second-order valence-corrected chi connectivity index (χ2v) is 8.80. The number of anilines is 1. The molecule has 0 aliphatic carbocycles. The van der Waals surface area contributed by atoms with Gasteiger partial charge in [0.15, 0.2) is 5.16 Å². The molecule has 1 aromatic heterocycles. The molecule has 2 aromatic carbocycles. The maximum atomic E-state index is 12.4. The Morgan fingerprint density at radius 3 is 2.72 bits per heavy atom. The zero-order chi connectivity index (χ0) is 22.9. The zero-order valence-electron chi connectivity index (χ0n) is 17.6. The van der Waals surface area contributed by atoms with Crippen LogP contribution in [0.4, 0.5) is 11.4 Å². The summed E-state index contributed by atoms with van der Waals surface area (Å²) in [5.41, 5.74) is 2.36. The van der Waals surface area contributed by atoms with Gasteiger partial charge in [-0.1, -0.05) is 54.2 Å². The number of rotatable bonds is 11. The molecule has 0 aliphatic rings. The molecule has 10 heteroatoms. The van der Waals surface area contributed by atoms with Crippen molar-refractivity contribution in [1.82, 2.24) is 14.8 Å². The number of amides is 1. The second-order valence-electron chi connectivity index (χ2n) is 6.87. The largest absolute Gasteiger partial charge is 0.325 e. The van der Waals surface area contributed by atoms with Gasteiger partial charge in [-0.2, -0.15) is 0 Å². The van der Waals surface area contributed by atoms with E-state index in [1.165, 1.54) is 29.5 Å². The van der Waals surface area contributed by atoms with Crippen molar-refractivity contribution in [1.29, 1.82) is 0 Å². The number of thioether (sulfide) groups is 2. The molecular weight excluding hydrogens is 446 g/mol. The molecule has 0 aliphatic heterocycles. The number of hydrogen-bond acceptors (Lipinski definition) is 7. The topological polar surface area (TPSA) is 103 Å². The molecule has 166 valence electrons. The number of nitrogens with zero attached hydrogens (tertiary/aromatic N) is 4. The molecule has 1 amide bonds. The van der Waals surface area contributed by atoms with Crippen molar-refractivity contribution in [3.63, 3.8) is 0 Å². The number of nitro groups is 1. The predicted octanol–water partition coefficient (Wildman–Crippen LogP) is 4.84. The fourth-order valence-electron chi connectivity index (χ4n) is 2.85. The molecule has 0 spiro atoms. The molecule has 32 heavy (non-hydrogen) atoms. The van der Waals surface area contributed by atoms with Crippen LogP contribution >= 0.6 is 23.5 Å². The van der Waals surface area contributed by atoms with Crippen LogP contribution in [0.2, 0.25) is 0 Å². The van der Waals surface area contributed by atoms with Crippen molar-refractivity contribution < 1.29 is 9.72 Å². The molecule has 3 aromatic rings. The van der Waals surface area contributed by atoms with E-state index in [0.29, 0.717) is 23.1 Å². The lowest BCUT2D eigenvalue weighted by Gasteiger charge is -2.09. The van der Waals surface area contributed by atoms with Gasteiger partial charge in [0.1, 0.15) is 5.82 Å². The van der Waals surface area contributed by atoms with Gasteiger partial charge in [0.2, 0.25) is 5.91 Å². The summed E-state index contributed by atoms with van der Waals surface area (Å²) in [6.07, 6.45) is 1.77. The third kappa shape index (κ3) is 6.44. The minimum atomic E-state index is -0.487. The van der Waals surface area contributed by atoms with Gasteiger partial charge < -0.3 is 9.88 Å². The van der Waals surface area contributed by atoms with Gasteiger partial charge in [-0.25, -0.2) is 0 Å². The molecular formula is C22H23N5O3S2. The van der Waals surface area contributed by atoms with E-state index in [4.69, 9.17) is 0 Å². The second kappa shape index (κ2) is 11.5. The van der Waals surface area contributed by atoms with Crippen molar-refractivity contribution in [2.45, 2.75) is 30.1 Å². The molecule has 0 atom stereocenters. The number of aryl methyl sites for hydroxylation is 1. The predicted molar refractivity (Wildman–Crippen MR) is 129 cm³/mol. The first-order valence-corrected chi connectivity index (χ1v) is 11.9. The molecule has 0 saturated heterocycles. The van der Waals surface area contributed by atoms with Gasteiger partial charge in [-0.05, 0) is 18.1 Å². The van der Waals surface area contributed by atoms with Crippen LogP contribution < -0.4 is 5.32 Å². The van der Waals surface area contributed by atoms with Crippen LogP contribution in [0.15, 0.2) is 66.3 Å². The third-order valence-electron chi connectivity index (χ3n) is 4.49. The van der Waals surface area contributed by atoms with Crippen LogP contribution in [0.1, 0.15) is 17.0 Å². The number of nitro benzene ring substituents is 1. The third-order valence-corrected chi connectivity index (χ3v) is 6.45. The average molecular weight is 470 g/mol. The van der Waals surface area contributed by atoms with E-state index in [1.54, 1.807) is 30.8 Å². The Labute approximate surface area is 194 Å². The lowest BCUT2D eigenvalue weighted by atomic mass is 10.2. The standard InChI is InChI=1S/C22H23N5O3S2/c1-3-11-26-20(14-31-13-17-7-5-4-6-8-17)24-25-22(26)32-15-21(28)23-19-12-18(27(29)30)10-9-16(19)2/h3-10,12H,1,11,13-15H2,2H3,(H,23,28). The molecule has 0 unspecified atom stereocenters. The van der Waals surface area contributed by atoms with Gasteiger partial charge in [0.05, 0.1) is 22.1 Å². The van der Waals surface area contributed by atoms with E-state index < -0.39 is 4.92 Å². The average Bonchev–Trinajstić information content (AvgIpc) is 3.16. The summed E-state index contributed by atoms with van der Waals surface area (Å²) in [7, 11) is 0. The Balaban J connectivity index is 1.59. The van der Waals surface area contributed by atoms with Crippen molar-refractivity contribution >= 4 is 40.8 Å². The zero-order valence-corrected chi connectivity index (χ0v) is 19.2. The summed E-state index contributed by atoms with van der Waals surface area (Å²) in [6.45, 7) is 6.13. The fourth-order valence-corrected chi connectivity index (χ4v) is 4.55. The molecule has 0 bridgehead atoms. The van der Waals surface area contributed by atoms with Gasteiger partial charge in [0, 0.05) is 24.4 Å². The highest BCUT2D eigenvalue weighted by Gasteiger charge is 2.15. The first kappa shape index (κ1) is 23.6. The Hall–Kier alpha value is -3.11. The van der Waals surface area contributed by atoms with Crippen molar-refractivity contribution in [3.05, 3.63) is 88.3 Å². The maximum absolute atomic E-state index is 12.4. The molecule has 0 fully saturated rings. The molecule has 1 N–H and O–H groups in total. The number of carbonyl (C=O) groups is 1. The van der Waals surface area contributed by atoms with Gasteiger partial charge in [-0.15, -0.1) is 28.5 Å². The Morgan fingerprint density at radius 2 is 2.00 bits per heavy atom. The van der Waals surface area contributed by atoms with E-state index >= 15 is 0 Å². The quantitative estimate of drug-likeness (QED) is 0.185. The summed E-state index contributed by atoms with van der Waals surface area (Å²) in [5.74, 6) is 2.22. The minimum absolute atomic E-state index is 0.0677. The van der Waals surface area contributed by atoms with Gasteiger partial charge >= 0.3 is 0 Å². The van der Waals surface area contributed by atoms with E-state index in [0.717, 1.165) is 17.1 Å². The highest BCUT2D eigenvalue weighted by atomic mass is 32.2. The molecule has 0 radical (unpaired) electrons. The number of allylic oxidation sites excluding steroid dienone is 1.